The van der Waals surface area contributed by atoms with Crippen LogP contribution in [0.25, 0.3) is 5.57 Å². The highest BCUT2D eigenvalue weighted by molar-refractivity contribution is 5.66. The average molecular weight is 214 g/mol. The van der Waals surface area contributed by atoms with Gasteiger partial charge in [0.1, 0.15) is 0 Å². The van der Waals surface area contributed by atoms with Crippen molar-refractivity contribution in [1.29, 1.82) is 0 Å². The number of hydrogen-bond donors (Lipinski definition) is 1. The molecule has 2 heterocycles. The van der Waals surface area contributed by atoms with Crippen LogP contribution in [-0.4, -0.2) is 18.1 Å². The van der Waals surface area contributed by atoms with Crippen LogP contribution in [0.3, 0.4) is 0 Å². The summed E-state index contributed by atoms with van der Waals surface area (Å²) in [6, 6.07) is 4.31. The molecule has 2 nitrogen and oxygen atoms in total. The second-order valence-corrected chi connectivity index (χ2v) is 5.04. The third kappa shape index (κ3) is 1.78. The molecule has 1 aliphatic carbocycles. The second kappa shape index (κ2) is 4.02. The SMILES string of the molecule is Cc1ccc(C2=CCC3CNCC3C2)cn1. The van der Waals surface area contributed by atoms with Crippen molar-refractivity contribution in [3.8, 4) is 0 Å². The Morgan fingerprint density at radius 3 is 2.94 bits per heavy atom. The number of hydrogen-bond acceptors (Lipinski definition) is 2. The van der Waals surface area contributed by atoms with Gasteiger partial charge < -0.3 is 5.32 Å². The van der Waals surface area contributed by atoms with Gasteiger partial charge in [0.25, 0.3) is 0 Å². The lowest BCUT2D eigenvalue weighted by Crippen LogP contribution is -2.16. The first-order valence-corrected chi connectivity index (χ1v) is 6.16. The summed E-state index contributed by atoms with van der Waals surface area (Å²) >= 11 is 0. The summed E-state index contributed by atoms with van der Waals surface area (Å²) in [7, 11) is 0. The highest BCUT2D eigenvalue weighted by atomic mass is 14.9. The van der Waals surface area contributed by atoms with Crippen molar-refractivity contribution >= 4 is 5.57 Å². The molecule has 1 N–H and O–H groups in total. The molecule has 0 saturated carbocycles. The fraction of sp³-hybridized carbons (Fsp3) is 0.500. The lowest BCUT2D eigenvalue weighted by atomic mass is 9.80. The minimum Gasteiger partial charge on any atom is -0.316 e. The van der Waals surface area contributed by atoms with Gasteiger partial charge in [-0.05, 0) is 61.9 Å². The summed E-state index contributed by atoms with van der Waals surface area (Å²) in [6.07, 6.45) is 6.90. The summed E-state index contributed by atoms with van der Waals surface area (Å²) < 4.78 is 0. The summed E-state index contributed by atoms with van der Waals surface area (Å²) in [5.74, 6) is 1.73. The highest BCUT2D eigenvalue weighted by Gasteiger charge is 2.30. The van der Waals surface area contributed by atoms with Crippen molar-refractivity contribution in [2.75, 3.05) is 13.1 Å². The van der Waals surface area contributed by atoms with Crippen LogP contribution in [0.4, 0.5) is 0 Å². The molecule has 1 aromatic rings. The topological polar surface area (TPSA) is 24.9 Å². The van der Waals surface area contributed by atoms with E-state index >= 15 is 0 Å². The minimum atomic E-state index is 0.848. The van der Waals surface area contributed by atoms with E-state index in [-0.39, 0.29) is 0 Å². The zero-order valence-corrected chi connectivity index (χ0v) is 9.74. The summed E-state index contributed by atoms with van der Waals surface area (Å²) in [5, 5.41) is 3.50. The van der Waals surface area contributed by atoms with Crippen LogP contribution in [-0.2, 0) is 0 Å². The lowest BCUT2D eigenvalue weighted by molar-refractivity contribution is 0.418. The van der Waals surface area contributed by atoms with E-state index in [9.17, 15) is 0 Å². The van der Waals surface area contributed by atoms with Crippen molar-refractivity contribution < 1.29 is 0 Å². The first kappa shape index (κ1) is 10.0. The van der Waals surface area contributed by atoms with Gasteiger partial charge in [-0.3, -0.25) is 4.98 Å². The lowest BCUT2D eigenvalue weighted by Gasteiger charge is -2.24. The van der Waals surface area contributed by atoms with Crippen LogP contribution >= 0.6 is 0 Å². The molecule has 0 bridgehead atoms. The summed E-state index contributed by atoms with van der Waals surface area (Å²) in [6.45, 7) is 4.44. The molecule has 16 heavy (non-hydrogen) atoms. The first-order valence-electron chi connectivity index (χ1n) is 6.16. The van der Waals surface area contributed by atoms with E-state index in [2.05, 4.69) is 28.5 Å². The maximum Gasteiger partial charge on any atom is 0.0373 e. The standard InChI is InChI=1S/C14H18N2/c1-10-2-3-13(9-16-10)11-4-5-12-7-15-8-14(12)6-11/h2-4,9,12,14-15H,5-8H2,1H3. The Bertz CT molecular complexity index is 405. The van der Waals surface area contributed by atoms with Gasteiger partial charge in [0, 0.05) is 11.9 Å². The van der Waals surface area contributed by atoms with Crippen molar-refractivity contribution in [2.24, 2.45) is 11.8 Å². The number of allylic oxidation sites excluding steroid dienone is 2. The fourth-order valence-electron chi connectivity index (χ4n) is 2.85. The Hall–Kier alpha value is -1.15. The number of nitrogens with one attached hydrogen (secondary N) is 1. The molecule has 1 aromatic heterocycles. The van der Waals surface area contributed by atoms with Crippen molar-refractivity contribution in [1.82, 2.24) is 10.3 Å². The molecule has 0 radical (unpaired) electrons. The predicted molar refractivity (Wildman–Crippen MR) is 66.0 cm³/mol. The molecule has 1 saturated heterocycles. The zero-order valence-electron chi connectivity index (χ0n) is 9.74. The molecule has 1 fully saturated rings. The Morgan fingerprint density at radius 2 is 2.12 bits per heavy atom. The molecule has 84 valence electrons. The monoisotopic (exact) mass is 214 g/mol. The number of nitrogens with zero attached hydrogens (tertiary/aromatic N) is 1. The van der Waals surface area contributed by atoms with Crippen LogP contribution in [0.1, 0.15) is 24.1 Å². The van der Waals surface area contributed by atoms with Crippen LogP contribution in [0.5, 0.6) is 0 Å². The van der Waals surface area contributed by atoms with Crippen LogP contribution in [0, 0.1) is 18.8 Å². The van der Waals surface area contributed by atoms with Crippen LogP contribution in [0.15, 0.2) is 24.4 Å². The van der Waals surface area contributed by atoms with Gasteiger partial charge in [0.2, 0.25) is 0 Å². The molecule has 0 aromatic carbocycles. The van der Waals surface area contributed by atoms with Gasteiger partial charge in [0.15, 0.2) is 0 Å². The molecule has 3 rings (SSSR count). The molecular weight excluding hydrogens is 196 g/mol. The first-order chi connectivity index (χ1) is 7.83. The zero-order chi connectivity index (χ0) is 11.0. The number of aryl methyl sites for hydroxylation is 1. The number of rotatable bonds is 1. The highest BCUT2D eigenvalue weighted by Crippen LogP contribution is 2.36. The molecule has 2 heteroatoms. The van der Waals surface area contributed by atoms with Gasteiger partial charge in [-0.15, -0.1) is 0 Å². The average Bonchev–Trinajstić information content (AvgIpc) is 2.77. The Labute approximate surface area is 96.8 Å². The van der Waals surface area contributed by atoms with Crippen LogP contribution in [0.2, 0.25) is 0 Å². The third-order valence-electron chi connectivity index (χ3n) is 3.91. The predicted octanol–water partition coefficient (Wildman–Crippen LogP) is 2.40. The van der Waals surface area contributed by atoms with E-state index in [0.717, 1.165) is 17.5 Å². The van der Waals surface area contributed by atoms with Gasteiger partial charge in [-0.2, -0.15) is 0 Å². The molecule has 2 aliphatic rings. The van der Waals surface area contributed by atoms with Crippen LogP contribution < -0.4 is 5.32 Å². The Morgan fingerprint density at radius 1 is 1.25 bits per heavy atom. The molecule has 0 amide bonds. The normalized spacial score (nSPS) is 28.7. The summed E-state index contributed by atoms with van der Waals surface area (Å²) in [4.78, 5) is 4.38. The molecule has 2 atom stereocenters. The maximum absolute atomic E-state index is 4.38. The smallest absolute Gasteiger partial charge is 0.0373 e. The molecule has 2 unspecified atom stereocenters. The van der Waals surface area contributed by atoms with E-state index in [4.69, 9.17) is 0 Å². The van der Waals surface area contributed by atoms with E-state index in [1.807, 2.05) is 13.1 Å². The third-order valence-corrected chi connectivity index (χ3v) is 3.91. The fourth-order valence-corrected chi connectivity index (χ4v) is 2.85. The van der Waals surface area contributed by atoms with E-state index in [0.29, 0.717) is 0 Å². The van der Waals surface area contributed by atoms with Crippen molar-refractivity contribution in [2.45, 2.75) is 19.8 Å². The Balaban J connectivity index is 1.83. The van der Waals surface area contributed by atoms with Crippen molar-refractivity contribution in [3.63, 3.8) is 0 Å². The molecule has 1 aliphatic heterocycles. The number of fused-ring (bicyclic) bond motifs is 1. The maximum atomic E-state index is 4.38. The van der Waals surface area contributed by atoms with Gasteiger partial charge in [-0.1, -0.05) is 12.1 Å². The molecule has 0 spiro atoms. The quantitative estimate of drug-likeness (QED) is 0.776. The Kier molecular flexibility index (Phi) is 2.52. The van der Waals surface area contributed by atoms with E-state index in [1.54, 1.807) is 0 Å². The van der Waals surface area contributed by atoms with Gasteiger partial charge in [-0.25, -0.2) is 0 Å². The minimum absolute atomic E-state index is 0.848. The molecular formula is C14H18N2. The van der Waals surface area contributed by atoms with Gasteiger partial charge >= 0.3 is 0 Å². The van der Waals surface area contributed by atoms with Gasteiger partial charge in [0.05, 0.1) is 0 Å². The van der Waals surface area contributed by atoms with Crippen molar-refractivity contribution in [3.05, 3.63) is 35.7 Å². The van der Waals surface area contributed by atoms with E-state index in [1.165, 1.54) is 37.1 Å². The largest absolute Gasteiger partial charge is 0.316 e. The second-order valence-electron chi connectivity index (χ2n) is 5.04. The number of pyridine rings is 1. The van der Waals surface area contributed by atoms with E-state index < -0.39 is 0 Å². The number of aromatic nitrogens is 1. The summed E-state index contributed by atoms with van der Waals surface area (Å²) in [5.41, 5.74) is 3.91.